The van der Waals surface area contributed by atoms with Gasteiger partial charge in [-0.3, -0.25) is 9.13 Å². The van der Waals surface area contributed by atoms with Gasteiger partial charge in [0, 0.05) is 18.8 Å². The minimum atomic E-state index is -0.269. The van der Waals surface area contributed by atoms with Crippen LogP contribution in [0.15, 0.2) is 11.0 Å². The first-order chi connectivity index (χ1) is 8.81. The van der Waals surface area contributed by atoms with Crippen molar-refractivity contribution in [3.05, 3.63) is 22.2 Å². The molecule has 0 aliphatic carbocycles. The molecular formula is C14H22N4O. The molecule has 0 aromatic carbocycles. The summed E-state index contributed by atoms with van der Waals surface area (Å²) in [4.78, 5) is 16.8. The summed E-state index contributed by atoms with van der Waals surface area (Å²) in [6.07, 6.45) is 3.64. The SMILES string of the molecule is CCCC(C)(C)n1c(=O)n(C)c2c(C)cnc(N)c21. The van der Waals surface area contributed by atoms with Crippen LogP contribution in [0.4, 0.5) is 5.82 Å². The van der Waals surface area contributed by atoms with E-state index in [1.807, 2.05) is 6.92 Å². The van der Waals surface area contributed by atoms with Crippen LogP contribution in [-0.4, -0.2) is 14.1 Å². The number of pyridine rings is 1. The zero-order valence-electron chi connectivity index (χ0n) is 12.3. The molecule has 2 rings (SSSR count). The molecule has 0 saturated carbocycles. The van der Waals surface area contributed by atoms with E-state index < -0.39 is 0 Å². The highest BCUT2D eigenvalue weighted by atomic mass is 16.1. The average Bonchev–Trinajstić information content (AvgIpc) is 2.59. The molecule has 0 atom stereocenters. The van der Waals surface area contributed by atoms with Gasteiger partial charge in [-0.25, -0.2) is 9.78 Å². The monoisotopic (exact) mass is 262 g/mol. The Morgan fingerprint density at radius 2 is 2.00 bits per heavy atom. The van der Waals surface area contributed by atoms with Gasteiger partial charge in [0.2, 0.25) is 0 Å². The van der Waals surface area contributed by atoms with Gasteiger partial charge in [-0.2, -0.15) is 0 Å². The lowest BCUT2D eigenvalue weighted by Gasteiger charge is -2.26. The van der Waals surface area contributed by atoms with E-state index in [2.05, 4.69) is 25.8 Å². The van der Waals surface area contributed by atoms with E-state index in [-0.39, 0.29) is 11.2 Å². The Morgan fingerprint density at radius 1 is 1.37 bits per heavy atom. The summed E-state index contributed by atoms with van der Waals surface area (Å²) >= 11 is 0. The number of fused-ring (bicyclic) bond motifs is 1. The van der Waals surface area contributed by atoms with E-state index in [1.165, 1.54) is 0 Å². The Kier molecular flexibility index (Phi) is 3.16. The van der Waals surface area contributed by atoms with E-state index in [1.54, 1.807) is 22.4 Å². The smallest absolute Gasteiger partial charge is 0.329 e. The second-order valence-electron chi connectivity index (χ2n) is 5.76. The number of nitrogens with two attached hydrogens (primary N) is 1. The molecule has 104 valence electrons. The van der Waals surface area contributed by atoms with Crippen LogP contribution < -0.4 is 11.4 Å². The molecule has 0 amide bonds. The van der Waals surface area contributed by atoms with Crippen LogP contribution in [0.25, 0.3) is 11.0 Å². The third kappa shape index (κ3) is 1.93. The lowest BCUT2D eigenvalue weighted by Crippen LogP contribution is -2.36. The maximum Gasteiger partial charge on any atom is 0.329 e. The number of nitrogen functional groups attached to an aromatic ring is 1. The van der Waals surface area contributed by atoms with Crippen LogP contribution in [0.3, 0.4) is 0 Å². The second kappa shape index (κ2) is 4.40. The molecule has 19 heavy (non-hydrogen) atoms. The summed E-state index contributed by atoms with van der Waals surface area (Å²) in [7, 11) is 1.79. The van der Waals surface area contributed by atoms with Crippen molar-refractivity contribution >= 4 is 16.9 Å². The molecule has 2 aromatic heterocycles. The number of nitrogens with zero attached hydrogens (tertiary/aromatic N) is 3. The summed E-state index contributed by atoms with van der Waals surface area (Å²) < 4.78 is 3.46. The van der Waals surface area contributed by atoms with E-state index in [0.717, 1.165) is 29.4 Å². The maximum atomic E-state index is 12.6. The third-order valence-corrected chi connectivity index (χ3v) is 3.74. The molecule has 2 heterocycles. The van der Waals surface area contributed by atoms with Gasteiger partial charge in [0.15, 0.2) is 0 Å². The molecule has 0 unspecified atom stereocenters. The summed E-state index contributed by atoms with van der Waals surface area (Å²) in [5.41, 5.74) is 8.32. The highest BCUT2D eigenvalue weighted by Crippen LogP contribution is 2.28. The minimum Gasteiger partial charge on any atom is -0.382 e. The fourth-order valence-electron chi connectivity index (χ4n) is 2.87. The van der Waals surface area contributed by atoms with Crippen molar-refractivity contribution in [3.8, 4) is 0 Å². The van der Waals surface area contributed by atoms with Crippen molar-refractivity contribution in [2.75, 3.05) is 5.73 Å². The summed E-state index contributed by atoms with van der Waals surface area (Å²) in [6, 6.07) is 0. The normalized spacial score (nSPS) is 12.3. The Morgan fingerprint density at radius 3 is 2.58 bits per heavy atom. The van der Waals surface area contributed by atoms with Crippen LogP contribution in [0.5, 0.6) is 0 Å². The molecule has 0 aliphatic rings. The number of aromatic nitrogens is 3. The van der Waals surface area contributed by atoms with Crippen LogP contribution in [0.1, 0.15) is 39.2 Å². The van der Waals surface area contributed by atoms with E-state index in [9.17, 15) is 4.79 Å². The van der Waals surface area contributed by atoms with Gasteiger partial charge in [0.05, 0.1) is 5.52 Å². The fourth-order valence-corrected chi connectivity index (χ4v) is 2.87. The number of hydrogen-bond acceptors (Lipinski definition) is 3. The Balaban J connectivity index is 2.93. The van der Waals surface area contributed by atoms with E-state index in [0.29, 0.717) is 5.82 Å². The van der Waals surface area contributed by atoms with Crippen molar-refractivity contribution in [2.24, 2.45) is 7.05 Å². The Hall–Kier alpha value is -1.78. The van der Waals surface area contributed by atoms with Gasteiger partial charge in [0.25, 0.3) is 0 Å². The van der Waals surface area contributed by atoms with Crippen LogP contribution in [0.2, 0.25) is 0 Å². The first kappa shape index (κ1) is 13.6. The Bertz CT molecular complexity index is 679. The molecule has 0 bridgehead atoms. The molecule has 5 heteroatoms. The third-order valence-electron chi connectivity index (χ3n) is 3.74. The number of imidazole rings is 1. The highest BCUT2D eigenvalue weighted by Gasteiger charge is 2.27. The van der Waals surface area contributed by atoms with Gasteiger partial charge >= 0.3 is 5.69 Å². The Labute approximate surface area is 113 Å². The standard InChI is InChI=1S/C14H22N4O/c1-6-7-14(3,4)18-11-10(17(5)13(18)19)9(2)8-16-12(11)15/h8H,6-7H2,1-5H3,(H2,15,16). The number of aryl methyl sites for hydroxylation is 2. The van der Waals surface area contributed by atoms with Crippen LogP contribution in [-0.2, 0) is 12.6 Å². The number of rotatable bonds is 3. The quantitative estimate of drug-likeness (QED) is 0.921. The predicted octanol–water partition coefficient (Wildman–Crippen LogP) is 2.16. The molecular weight excluding hydrogens is 240 g/mol. The zero-order valence-corrected chi connectivity index (χ0v) is 12.3. The summed E-state index contributed by atoms with van der Waals surface area (Å²) in [5, 5.41) is 0. The van der Waals surface area contributed by atoms with Crippen LogP contribution in [0, 0.1) is 6.92 Å². The zero-order chi connectivity index (χ0) is 14.4. The largest absolute Gasteiger partial charge is 0.382 e. The minimum absolute atomic E-state index is 0.0312. The van der Waals surface area contributed by atoms with Gasteiger partial charge in [0.1, 0.15) is 11.3 Å². The lowest BCUT2D eigenvalue weighted by atomic mass is 9.98. The lowest BCUT2D eigenvalue weighted by molar-refractivity contribution is 0.322. The first-order valence-corrected chi connectivity index (χ1v) is 6.64. The number of hydrogen-bond donors (Lipinski definition) is 1. The molecule has 2 aromatic rings. The molecule has 0 aliphatic heterocycles. The molecule has 0 saturated heterocycles. The topological polar surface area (TPSA) is 65.8 Å². The second-order valence-corrected chi connectivity index (χ2v) is 5.76. The molecule has 0 radical (unpaired) electrons. The van der Waals surface area contributed by atoms with Crippen LogP contribution >= 0.6 is 0 Å². The molecule has 2 N–H and O–H groups in total. The molecule has 0 spiro atoms. The van der Waals surface area contributed by atoms with Gasteiger partial charge in [-0.05, 0) is 32.8 Å². The highest BCUT2D eigenvalue weighted by molar-refractivity contribution is 5.88. The summed E-state index contributed by atoms with van der Waals surface area (Å²) in [6.45, 7) is 8.20. The van der Waals surface area contributed by atoms with Crippen molar-refractivity contribution in [2.45, 2.75) is 46.1 Å². The molecule has 0 fully saturated rings. The van der Waals surface area contributed by atoms with E-state index in [4.69, 9.17) is 5.73 Å². The van der Waals surface area contributed by atoms with Crippen molar-refractivity contribution < 1.29 is 0 Å². The molecule has 5 nitrogen and oxygen atoms in total. The van der Waals surface area contributed by atoms with Crippen molar-refractivity contribution in [1.82, 2.24) is 14.1 Å². The fraction of sp³-hybridized carbons (Fsp3) is 0.571. The first-order valence-electron chi connectivity index (χ1n) is 6.64. The summed E-state index contributed by atoms with van der Waals surface area (Å²) in [5.74, 6) is 0.419. The maximum absolute atomic E-state index is 12.6. The van der Waals surface area contributed by atoms with Gasteiger partial charge in [-0.15, -0.1) is 0 Å². The van der Waals surface area contributed by atoms with Crippen molar-refractivity contribution in [3.63, 3.8) is 0 Å². The van der Waals surface area contributed by atoms with Gasteiger partial charge in [-0.1, -0.05) is 13.3 Å². The van der Waals surface area contributed by atoms with Crippen molar-refractivity contribution in [1.29, 1.82) is 0 Å². The van der Waals surface area contributed by atoms with E-state index >= 15 is 0 Å². The average molecular weight is 262 g/mol. The number of anilines is 1. The predicted molar refractivity (Wildman–Crippen MR) is 78.4 cm³/mol. The van der Waals surface area contributed by atoms with Gasteiger partial charge < -0.3 is 5.73 Å².